The number of halogens is 1. The van der Waals surface area contributed by atoms with Crippen LogP contribution >= 0.6 is 0 Å². The molecule has 0 unspecified atom stereocenters. The van der Waals surface area contributed by atoms with Crippen molar-refractivity contribution in [3.8, 4) is 5.75 Å². The minimum atomic E-state index is -0.282. The maximum Gasteiger partial charge on any atom is 0.173 e. The maximum atomic E-state index is 14.1. The van der Waals surface area contributed by atoms with Gasteiger partial charge in [0.2, 0.25) is 0 Å². The highest BCUT2D eigenvalue weighted by Gasteiger charge is 2.13. The van der Waals surface area contributed by atoms with E-state index in [0.29, 0.717) is 17.3 Å². The second-order valence-corrected chi connectivity index (χ2v) is 4.94. The SMILES string of the molecule is CCc1ccc(Nc2ncc(CC)c(C)c2OC)c(F)c1. The van der Waals surface area contributed by atoms with E-state index in [-0.39, 0.29) is 5.82 Å². The third-order valence-corrected chi connectivity index (χ3v) is 3.67. The normalized spacial score (nSPS) is 10.5. The number of aromatic nitrogens is 1. The number of anilines is 2. The molecule has 1 N–H and O–H groups in total. The lowest BCUT2D eigenvalue weighted by Crippen LogP contribution is -2.03. The second-order valence-electron chi connectivity index (χ2n) is 4.94. The summed E-state index contributed by atoms with van der Waals surface area (Å²) >= 11 is 0. The highest BCUT2D eigenvalue weighted by Crippen LogP contribution is 2.32. The van der Waals surface area contributed by atoms with Crippen LogP contribution in [0.5, 0.6) is 5.75 Å². The summed E-state index contributed by atoms with van der Waals surface area (Å²) in [5, 5.41) is 3.02. The molecule has 0 aliphatic carbocycles. The Morgan fingerprint density at radius 3 is 2.57 bits per heavy atom. The number of nitrogens with zero attached hydrogens (tertiary/aromatic N) is 1. The predicted octanol–water partition coefficient (Wildman–Crippen LogP) is 4.41. The molecule has 0 aliphatic rings. The van der Waals surface area contributed by atoms with Gasteiger partial charge in [0.15, 0.2) is 11.6 Å². The van der Waals surface area contributed by atoms with E-state index in [1.165, 1.54) is 0 Å². The Kier molecular flexibility index (Phi) is 4.78. The molecule has 112 valence electrons. The van der Waals surface area contributed by atoms with Crippen LogP contribution in [0.3, 0.4) is 0 Å². The Morgan fingerprint density at radius 1 is 1.24 bits per heavy atom. The summed E-state index contributed by atoms with van der Waals surface area (Å²) in [5.41, 5.74) is 3.53. The fourth-order valence-corrected chi connectivity index (χ4v) is 2.32. The molecular weight excluding hydrogens is 267 g/mol. The molecule has 0 fully saturated rings. The fourth-order valence-electron chi connectivity index (χ4n) is 2.32. The van der Waals surface area contributed by atoms with Crippen LogP contribution in [0.15, 0.2) is 24.4 Å². The Balaban J connectivity index is 2.37. The molecule has 0 saturated heterocycles. The highest BCUT2D eigenvalue weighted by molar-refractivity contribution is 5.65. The minimum absolute atomic E-state index is 0.282. The van der Waals surface area contributed by atoms with Crippen LogP contribution in [0.2, 0.25) is 0 Å². The standard InChI is InChI=1S/C17H21FN2O/c1-5-12-7-8-15(14(18)9-12)20-17-16(21-4)11(3)13(6-2)10-19-17/h7-10H,5-6H2,1-4H3,(H,19,20). The van der Waals surface area contributed by atoms with E-state index in [0.717, 1.165) is 29.5 Å². The largest absolute Gasteiger partial charge is 0.493 e. The first-order chi connectivity index (χ1) is 10.1. The van der Waals surface area contributed by atoms with E-state index in [2.05, 4.69) is 17.2 Å². The number of ether oxygens (including phenoxy) is 1. The lowest BCUT2D eigenvalue weighted by Gasteiger charge is -2.15. The molecule has 0 radical (unpaired) electrons. The number of pyridine rings is 1. The average molecular weight is 288 g/mol. The van der Waals surface area contributed by atoms with Crippen LogP contribution in [0, 0.1) is 12.7 Å². The molecule has 1 aromatic carbocycles. The molecule has 0 bridgehead atoms. The van der Waals surface area contributed by atoms with Gasteiger partial charge in [-0.2, -0.15) is 0 Å². The summed E-state index contributed by atoms with van der Waals surface area (Å²) in [6, 6.07) is 5.19. The van der Waals surface area contributed by atoms with Gasteiger partial charge in [-0.1, -0.05) is 19.9 Å². The summed E-state index contributed by atoms with van der Waals surface area (Å²) < 4.78 is 19.5. The van der Waals surface area contributed by atoms with Crippen molar-refractivity contribution in [1.82, 2.24) is 4.98 Å². The van der Waals surface area contributed by atoms with Crippen molar-refractivity contribution in [2.24, 2.45) is 0 Å². The van der Waals surface area contributed by atoms with Gasteiger partial charge in [0.05, 0.1) is 12.8 Å². The zero-order valence-electron chi connectivity index (χ0n) is 13.0. The molecule has 21 heavy (non-hydrogen) atoms. The molecular formula is C17H21FN2O. The zero-order valence-corrected chi connectivity index (χ0v) is 13.0. The summed E-state index contributed by atoms with van der Waals surface area (Å²) in [5.74, 6) is 0.916. The minimum Gasteiger partial charge on any atom is -0.493 e. The summed E-state index contributed by atoms with van der Waals surface area (Å²) in [4.78, 5) is 4.36. The predicted molar refractivity (Wildman–Crippen MR) is 84.0 cm³/mol. The van der Waals surface area contributed by atoms with Crippen LogP contribution in [-0.4, -0.2) is 12.1 Å². The molecule has 1 heterocycles. The number of methoxy groups -OCH3 is 1. The monoisotopic (exact) mass is 288 g/mol. The van der Waals surface area contributed by atoms with Crippen molar-refractivity contribution in [2.75, 3.05) is 12.4 Å². The second kappa shape index (κ2) is 6.57. The molecule has 0 atom stereocenters. The van der Waals surface area contributed by atoms with Crippen molar-refractivity contribution in [1.29, 1.82) is 0 Å². The van der Waals surface area contributed by atoms with Gasteiger partial charge in [-0.3, -0.25) is 0 Å². The van der Waals surface area contributed by atoms with E-state index in [1.807, 2.05) is 19.9 Å². The first kappa shape index (κ1) is 15.3. The van der Waals surface area contributed by atoms with Crippen LogP contribution in [0.25, 0.3) is 0 Å². The van der Waals surface area contributed by atoms with Gasteiger partial charge in [-0.25, -0.2) is 9.37 Å². The van der Waals surface area contributed by atoms with Crippen molar-refractivity contribution < 1.29 is 9.13 Å². The van der Waals surface area contributed by atoms with Gasteiger partial charge in [-0.15, -0.1) is 0 Å². The van der Waals surface area contributed by atoms with Gasteiger partial charge in [0.25, 0.3) is 0 Å². The van der Waals surface area contributed by atoms with Crippen LogP contribution in [0.1, 0.15) is 30.5 Å². The molecule has 1 aromatic heterocycles. The quantitative estimate of drug-likeness (QED) is 0.885. The van der Waals surface area contributed by atoms with Crippen LogP contribution < -0.4 is 10.1 Å². The maximum absolute atomic E-state index is 14.1. The van der Waals surface area contributed by atoms with Crippen molar-refractivity contribution in [3.05, 3.63) is 46.9 Å². The van der Waals surface area contributed by atoms with E-state index in [4.69, 9.17) is 4.74 Å². The number of aryl methyl sites for hydroxylation is 2. The smallest absolute Gasteiger partial charge is 0.173 e. The molecule has 0 aliphatic heterocycles. The Hall–Kier alpha value is -2.10. The summed E-state index contributed by atoms with van der Waals surface area (Å²) in [7, 11) is 1.60. The number of nitrogens with one attached hydrogen (secondary N) is 1. The molecule has 3 nitrogen and oxygen atoms in total. The van der Waals surface area contributed by atoms with Gasteiger partial charge in [-0.05, 0) is 48.6 Å². The third-order valence-electron chi connectivity index (χ3n) is 3.67. The van der Waals surface area contributed by atoms with Gasteiger partial charge in [0, 0.05) is 6.20 Å². The molecule has 0 spiro atoms. The number of benzene rings is 1. The van der Waals surface area contributed by atoms with Crippen LogP contribution in [-0.2, 0) is 12.8 Å². The molecule has 4 heteroatoms. The summed E-state index contributed by atoms with van der Waals surface area (Å²) in [6.07, 6.45) is 3.50. The topological polar surface area (TPSA) is 34.2 Å². The zero-order chi connectivity index (χ0) is 15.4. The Morgan fingerprint density at radius 2 is 2.00 bits per heavy atom. The number of hydrogen-bond acceptors (Lipinski definition) is 3. The molecule has 2 rings (SSSR count). The van der Waals surface area contributed by atoms with Crippen LogP contribution in [0.4, 0.5) is 15.9 Å². The van der Waals surface area contributed by atoms with Gasteiger partial charge < -0.3 is 10.1 Å². The lowest BCUT2D eigenvalue weighted by atomic mass is 10.1. The first-order valence-corrected chi connectivity index (χ1v) is 7.18. The van der Waals surface area contributed by atoms with Crippen molar-refractivity contribution in [3.63, 3.8) is 0 Å². The van der Waals surface area contributed by atoms with Crippen molar-refractivity contribution in [2.45, 2.75) is 33.6 Å². The third kappa shape index (κ3) is 3.15. The first-order valence-electron chi connectivity index (χ1n) is 7.18. The van der Waals surface area contributed by atoms with Gasteiger partial charge >= 0.3 is 0 Å². The number of rotatable bonds is 5. The molecule has 2 aromatic rings. The van der Waals surface area contributed by atoms with Gasteiger partial charge in [0.1, 0.15) is 5.82 Å². The van der Waals surface area contributed by atoms with E-state index >= 15 is 0 Å². The van der Waals surface area contributed by atoms with E-state index < -0.39 is 0 Å². The highest BCUT2D eigenvalue weighted by atomic mass is 19.1. The number of hydrogen-bond donors (Lipinski definition) is 1. The van der Waals surface area contributed by atoms with E-state index in [9.17, 15) is 4.39 Å². The van der Waals surface area contributed by atoms with Crippen molar-refractivity contribution >= 4 is 11.5 Å². The fraction of sp³-hybridized carbons (Fsp3) is 0.353. The van der Waals surface area contributed by atoms with E-state index in [1.54, 1.807) is 25.4 Å². The Labute approximate surface area is 125 Å². The molecule has 0 saturated carbocycles. The Bertz CT molecular complexity index is 641. The lowest BCUT2D eigenvalue weighted by molar-refractivity contribution is 0.411. The molecule has 0 amide bonds. The summed E-state index contributed by atoms with van der Waals surface area (Å²) in [6.45, 7) is 6.06. The average Bonchev–Trinajstić information content (AvgIpc) is 2.49.